The van der Waals surface area contributed by atoms with Gasteiger partial charge in [0.2, 0.25) is 0 Å². The van der Waals surface area contributed by atoms with Gasteiger partial charge in [0.1, 0.15) is 12.2 Å². The van der Waals surface area contributed by atoms with Crippen LogP contribution in [0.3, 0.4) is 0 Å². The Morgan fingerprint density at radius 1 is 0.842 bits per heavy atom. The molecule has 4 aromatic rings. The highest BCUT2D eigenvalue weighted by molar-refractivity contribution is 6.39. The largest absolute Gasteiger partial charge is 0.490 e. The molecule has 7 nitrogen and oxygen atoms in total. The first-order chi connectivity index (χ1) is 18.4. The fourth-order valence-corrected chi connectivity index (χ4v) is 4.27. The molecule has 190 valence electrons. The fourth-order valence-electron chi connectivity index (χ4n) is 4.14. The number of anilines is 1. The van der Waals surface area contributed by atoms with E-state index in [0.717, 1.165) is 21.2 Å². The highest BCUT2D eigenvalue weighted by Gasteiger charge is 2.36. The van der Waals surface area contributed by atoms with Crippen molar-refractivity contribution in [3.05, 3.63) is 107 Å². The van der Waals surface area contributed by atoms with Crippen molar-refractivity contribution in [3.63, 3.8) is 0 Å². The summed E-state index contributed by atoms with van der Waals surface area (Å²) in [6, 6.07) is 24.7. The number of ether oxygens (including phenoxy) is 2. The number of benzene rings is 4. The summed E-state index contributed by atoms with van der Waals surface area (Å²) in [4.78, 5) is 39.0. The number of hydrogen-bond donors (Lipinski definition) is 1. The molecule has 38 heavy (non-hydrogen) atoms. The lowest BCUT2D eigenvalue weighted by molar-refractivity contribution is -0.122. The Bertz CT molecular complexity index is 1580. The Morgan fingerprint density at radius 2 is 1.61 bits per heavy atom. The number of nitrogens with zero attached hydrogens (tertiary/aromatic N) is 1. The molecule has 0 aromatic heterocycles. The van der Waals surface area contributed by atoms with Crippen molar-refractivity contribution in [3.8, 4) is 11.5 Å². The molecular weight excluding hydrogens is 504 g/mol. The molecule has 1 N–H and O–H groups in total. The average Bonchev–Trinajstić information content (AvgIpc) is 2.91. The molecule has 0 atom stereocenters. The zero-order valence-electron chi connectivity index (χ0n) is 20.4. The second-order valence-electron chi connectivity index (χ2n) is 8.54. The predicted molar refractivity (Wildman–Crippen MR) is 146 cm³/mol. The number of halogens is 1. The second kappa shape index (κ2) is 10.8. The summed E-state index contributed by atoms with van der Waals surface area (Å²) in [5.41, 5.74) is 1.65. The van der Waals surface area contributed by atoms with Gasteiger partial charge in [-0.15, -0.1) is 0 Å². The quantitative estimate of drug-likeness (QED) is 0.231. The maximum absolute atomic E-state index is 13.2. The van der Waals surface area contributed by atoms with Gasteiger partial charge in [-0.1, -0.05) is 54.1 Å². The molecule has 1 aliphatic heterocycles. The molecule has 4 aromatic carbocycles. The molecule has 1 aliphatic rings. The van der Waals surface area contributed by atoms with Crippen LogP contribution in [0.2, 0.25) is 5.02 Å². The lowest BCUT2D eigenvalue weighted by Crippen LogP contribution is -2.54. The molecule has 1 heterocycles. The van der Waals surface area contributed by atoms with E-state index in [1.807, 2.05) is 25.1 Å². The summed E-state index contributed by atoms with van der Waals surface area (Å²) in [5, 5.41) is 4.95. The van der Waals surface area contributed by atoms with E-state index in [2.05, 4.69) is 29.6 Å². The molecule has 0 spiro atoms. The van der Waals surface area contributed by atoms with E-state index in [1.54, 1.807) is 30.3 Å². The van der Waals surface area contributed by atoms with Crippen molar-refractivity contribution in [2.24, 2.45) is 0 Å². The summed E-state index contributed by atoms with van der Waals surface area (Å²) in [6.45, 7) is 2.58. The standard InChI is InChI=1S/C30H23ClN2O5/c1-2-37-27-17-19(8-14-26(27)38-18-20-7-9-21-5-3-4-6-22(21)15-20)16-25-28(34)32-30(36)33(29(25)35)24-12-10-23(31)11-13-24/h3-17H,2,18H2,1H3,(H,32,34,36)/b25-16+. The number of amides is 4. The first kappa shape index (κ1) is 25.0. The Kier molecular flexibility index (Phi) is 7.11. The van der Waals surface area contributed by atoms with Crippen LogP contribution in [-0.4, -0.2) is 24.5 Å². The first-order valence-corrected chi connectivity index (χ1v) is 12.3. The van der Waals surface area contributed by atoms with Crippen molar-refractivity contribution in [2.45, 2.75) is 13.5 Å². The van der Waals surface area contributed by atoms with Crippen molar-refractivity contribution in [1.29, 1.82) is 0 Å². The van der Waals surface area contributed by atoms with Gasteiger partial charge in [-0.3, -0.25) is 14.9 Å². The summed E-state index contributed by atoms with van der Waals surface area (Å²) >= 11 is 5.92. The first-order valence-electron chi connectivity index (χ1n) is 12.0. The van der Waals surface area contributed by atoms with Gasteiger partial charge in [0.15, 0.2) is 11.5 Å². The summed E-state index contributed by atoms with van der Waals surface area (Å²) < 4.78 is 11.8. The molecule has 8 heteroatoms. The molecular formula is C30H23ClN2O5. The summed E-state index contributed by atoms with van der Waals surface area (Å²) in [7, 11) is 0. The van der Waals surface area contributed by atoms with E-state index >= 15 is 0 Å². The number of barbiturate groups is 1. The lowest BCUT2D eigenvalue weighted by Gasteiger charge is -2.26. The van der Waals surface area contributed by atoms with E-state index in [1.165, 1.54) is 18.2 Å². The third kappa shape index (κ3) is 5.23. The zero-order valence-corrected chi connectivity index (χ0v) is 21.2. The van der Waals surface area contributed by atoms with E-state index < -0.39 is 17.8 Å². The van der Waals surface area contributed by atoms with Crippen molar-refractivity contribution in [1.82, 2.24) is 5.32 Å². The zero-order chi connectivity index (χ0) is 26.6. The van der Waals surface area contributed by atoms with E-state index in [4.69, 9.17) is 21.1 Å². The van der Waals surface area contributed by atoms with Crippen LogP contribution in [0.15, 0.2) is 90.5 Å². The van der Waals surface area contributed by atoms with Gasteiger partial charge < -0.3 is 9.47 Å². The molecule has 1 saturated heterocycles. The monoisotopic (exact) mass is 526 g/mol. The van der Waals surface area contributed by atoms with Gasteiger partial charge in [0.05, 0.1) is 12.3 Å². The minimum Gasteiger partial charge on any atom is -0.490 e. The summed E-state index contributed by atoms with van der Waals surface area (Å²) in [5.74, 6) is -0.521. The Hall–Kier alpha value is -4.62. The highest BCUT2D eigenvalue weighted by atomic mass is 35.5. The Labute approximate surface area is 224 Å². The smallest absolute Gasteiger partial charge is 0.335 e. The maximum Gasteiger partial charge on any atom is 0.335 e. The van der Waals surface area contributed by atoms with Crippen LogP contribution < -0.4 is 19.7 Å². The number of carbonyl (C=O) groups excluding carboxylic acids is 3. The number of fused-ring (bicyclic) bond motifs is 1. The molecule has 5 rings (SSSR count). The van der Waals surface area contributed by atoms with Crippen molar-refractivity contribution < 1.29 is 23.9 Å². The van der Waals surface area contributed by atoms with Gasteiger partial charge in [-0.2, -0.15) is 0 Å². The van der Waals surface area contributed by atoms with Crippen LogP contribution in [0.1, 0.15) is 18.1 Å². The summed E-state index contributed by atoms with van der Waals surface area (Å²) in [6.07, 6.45) is 1.42. The van der Waals surface area contributed by atoms with E-state index in [-0.39, 0.29) is 5.57 Å². The molecule has 0 unspecified atom stereocenters. The topological polar surface area (TPSA) is 84.9 Å². The fraction of sp³-hybridized carbons (Fsp3) is 0.100. The molecule has 0 aliphatic carbocycles. The number of rotatable bonds is 7. The average molecular weight is 527 g/mol. The minimum absolute atomic E-state index is 0.188. The third-order valence-electron chi connectivity index (χ3n) is 5.97. The number of nitrogens with one attached hydrogen (secondary N) is 1. The molecule has 0 radical (unpaired) electrons. The predicted octanol–water partition coefficient (Wildman–Crippen LogP) is 6.14. The highest BCUT2D eigenvalue weighted by Crippen LogP contribution is 2.31. The van der Waals surface area contributed by atoms with Gasteiger partial charge in [-0.05, 0) is 77.4 Å². The van der Waals surface area contributed by atoms with Crippen LogP contribution in [0.5, 0.6) is 11.5 Å². The number of carbonyl (C=O) groups is 3. The number of urea groups is 1. The third-order valence-corrected chi connectivity index (χ3v) is 6.23. The maximum atomic E-state index is 13.2. The van der Waals surface area contributed by atoms with E-state index in [9.17, 15) is 14.4 Å². The SMILES string of the molecule is CCOc1cc(/C=C2\C(=O)NC(=O)N(c3ccc(Cl)cc3)C2=O)ccc1OCc1ccc2ccccc2c1. The van der Waals surface area contributed by atoms with Crippen LogP contribution in [0, 0.1) is 0 Å². The molecule has 0 saturated carbocycles. The molecule has 0 bridgehead atoms. The van der Waals surface area contributed by atoms with Crippen LogP contribution in [0.25, 0.3) is 16.8 Å². The second-order valence-corrected chi connectivity index (χ2v) is 8.98. The van der Waals surface area contributed by atoms with Crippen molar-refractivity contribution >= 4 is 52.0 Å². The lowest BCUT2D eigenvalue weighted by atomic mass is 10.1. The van der Waals surface area contributed by atoms with Gasteiger partial charge >= 0.3 is 6.03 Å². The van der Waals surface area contributed by atoms with Crippen LogP contribution in [-0.2, 0) is 16.2 Å². The van der Waals surface area contributed by atoms with Crippen LogP contribution in [0.4, 0.5) is 10.5 Å². The molecule has 4 amide bonds. The van der Waals surface area contributed by atoms with Gasteiger partial charge in [-0.25, -0.2) is 9.69 Å². The Morgan fingerprint density at radius 3 is 2.37 bits per heavy atom. The normalized spacial score (nSPS) is 14.6. The van der Waals surface area contributed by atoms with E-state index in [0.29, 0.717) is 41.0 Å². The Balaban J connectivity index is 1.39. The minimum atomic E-state index is -0.827. The van der Waals surface area contributed by atoms with Gasteiger partial charge in [0.25, 0.3) is 11.8 Å². The number of imide groups is 2. The van der Waals surface area contributed by atoms with Crippen molar-refractivity contribution in [2.75, 3.05) is 11.5 Å². The van der Waals surface area contributed by atoms with Crippen LogP contribution >= 0.6 is 11.6 Å². The molecule has 1 fully saturated rings. The number of hydrogen-bond acceptors (Lipinski definition) is 5. The van der Waals surface area contributed by atoms with Gasteiger partial charge in [0, 0.05) is 5.02 Å².